The molecular formula is C19H19NO2S2. The van der Waals surface area contributed by atoms with Crippen LogP contribution in [-0.4, -0.2) is 8.42 Å². The Morgan fingerprint density at radius 3 is 2.33 bits per heavy atom. The Bertz CT molecular complexity index is 917. The highest BCUT2D eigenvalue weighted by Gasteiger charge is 2.24. The van der Waals surface area contributed by atoms with E-state index < -0.39 is 16.1 Å². The van der Waals surface area contributed by atoms with Gasteiger partial charge in [-0.1, -0.05) is 54.1 Å². The van der Waals surface area contributed by atoms with Gasteiger partial charge in [-0.15, -0.1) is 11.3 Å². The predicted molar refractivity (Wildman–Crippen MR) is 98.8 cm³/mol. The van der Waals surface area contributed by atoms with E-state index in [1.807, 2.05) is 73.8 Å². The Morgan fingerprint density at radius 2 is 1.71 bits per heavy atom. The lowest BCUT2D eigenvalue weighted by atomic mass is 10.1. The van der Waals surface area contributed by atoms with Gasteiger partial charge in [0, 0.05) is 4.88 Å². The number of sulfonamides is 1. The second kappa shape index (κ2) is 6.89. The molecule has 0 unspecified atom stereocenters. The Kier molecular flexibility index (Phi) is 4.85. The molecule has 1 N–H and O–H groups in total. The Labute approximate surface area is 147 Å². The van der Waals surface area contributed by atoms with Gasteiger partial charge in [-0.3, -0.25) is 0 Å². The van der Waals surface area contributed by atoms with Crippen LogP contribution in [0.2, 0.25) is 0 Å². The first-order valence-corrected chi connectivity index (χ1v) is 10.0. The summed E-state index contributed by atoms with van der Waals surface area (Å²) < 4.78 is 28.7. The number of rotatable bonds is 5. The maximum absolute atomic E-state index is 12.9. The van der Waals surface area contributed by atoms with Gasteiger partial charge in [0.15, 0.2) is 0 Å². The third-order valence-electron chi connectivity index (χ3n) is 3.85. The summed E-state index contributed by atoms with van der Waals surface area (Å²) in [6.45, 7) is 3.78. The van der Waals surface area contributed by atoms with Crippen LogP contribution in [0.1, 0.15) is 27.6 Å². The molecule has 1 aromatic heterocycles. The Hall–Kier alpha value is -1.95. The smallest absolute Gasteiger partial charge is 0.207 e. The summed E-state index contributed by atoms with van der Waals surface area (Å²) in [5.74, 6) is 0. The summed E-state index contributed by atoms with van der Waals surface area (Å²) in [6.07, 6.45) is 0. The fraction of sp³-hybridized carbons (Fsp3) is 0.158. The average Bonchev–Trinajstić information content (AvgIpc) is 3.07. The predicted octanol–water partition coefficient (Wildman–Crippen LogP) is 4.43. The monoisotopic (exact) mass is 357 g/mol. The van der Waals surface area contributed by atoms with Gasteiger partial charge in [0.25, 0.3) is 0 Å². The van der Waals surface area contributed by atoms with E-state index in [0.29, 0.717) is 4.90 Å². The molecule has 0 spiro atoms. The molecule has 0 radical (unpaired) electrons. The highest BCUT2D eigenvalue weighted by Crippen LogP contribution is 2.28. The minimum absolute atomic E-state index is 0.325. The number of thiophene rings is 1. The molecule has 0 amide bonds. The molecule has 3 rings (SSSR count). The summed E-state index contributed by atoms with van der Waals surface area (Å²) >= 11 is 1.54. The van der Waals surface area contributed by atoms with Crippen molar-refractivity contribution in [3.63, 3.8) is 0 Å². The van der Waals surface area contributed by atoms with Crippen LogP contribution >= 0.6 is 11.3 Å². The van der Waals surface area contributed by atoms with E-state index in [9.17, 15) is 8.42 Å². The first-order valence-electron chi connectivity index (χ1n) is 7.65. The summed E-state index contributed by atoms with van der Waals surface area (Å²) in [7, 11) is -3.62. The lowest BCUT2D eigenvalue weighted by Crippen LogP contribution is -2.29. The molecule has 1 atom stereocenters. The van der Waals surface area contributed by atoms with Crippen LogP contribution in [0.3, 0.4) is 0 Å². The lowest BCUT2D eigenvalue weighted by molar-refractivity contribution is 0.572. The van der Waals surface area contributed by atoms with Crippen LogP contribution < -0.4 is 4.72 Å². The fourth-order valence-electron chi connectivity index (χ4n) is 2.71. The second-order valence-electron chi connectivity index (χ2n) is 5.75. The van der Waals surface area contributed by atoms with Gasteiger partial charge >= 0.3 is 0 Å². The van der Waals surface area contributed by atoms with E-state index in [0.717, 1.165) is 21.6 Å². The standard InChI is InChI=1S/C19H19NO2S2/c1-14-10-11-18(15(2)13-14)24(21,22)20-19(17-9-6-12-23-17)16-7-4-3-5-8-16/h3-13,19-20H,1-2H3/t19-/m1/s1. The van der Waals surface area contributed by atoms with Crippen molar-refractivity contribution in [1.82, 2.24) is 4.72 Å². The largest absolute Gasteiger partial charge is 0.241 e. The highest BCUT2D eigenvalue weighted by atomic mass is 32.2. The molecule has 24 heavy (non-hydrogen) atoms. The molecule has 3 aromatic rings. The molecule has 124 valence electrons. The highest BCUT2D eigenvalue weighted by molar-refractivity contribution is 7.89. The molecule has 1 heterocycles. The molecule has 0 saturated carbocycles. The third kappa shape index (κ3) is 3.59. The van der Waals surface area contributed by atoms with E-state index in [1.54, 1.807) is 17.4 Å². The van der Waals surface area contributed by atoms with Crippen molar-refractivity contribution in [1.29, 1.82) is 0 Å². The topological polar surface area (TPSA) is 46.2 Å². The third-order valence-corrected chi connectivity index (χ3v) is 6.37. The minimum atomic E-state index is -3.62. The lowest BCUT2D eigenvalue weighted by Gasteiger charge is -2.19. The van der Waals surface area contributed by atoms with Crippen molar-refractivity contribution in [2.75, 3.05) is 0 Å². The van der Waals surface area contributed by atoms with Crippen LogP contribution in [0, 0.1) is 13.8 Å². The van der Waals surface area contributed by atoms with Gasteiger partial charge in [0.1, 0.15) is 0 Å². The molecular weight excluding hydrogens is 338 g/mol. The SMILES string of the molecule is Cc1ccc(S(=O)(=O)N[C@H](c2ccccc2)c2cccs2)c(C)c1. The Morgan fingerprint density at radius 1 is 0.958 bits per heavy atom. The van der Waals surface area contributed by atoms with E-state index in [1.165, 1.54) is 0 Å². The number of aryl methyl sites for hydroxylation is 2. The van der Waals surface area contributed by atoms with E-state index in [4.69, 9.17) is 0 Å². The zero-order valence-electron chi connectivity index (χ0n) is 13.6. The second-order valence-corrected chi connectivity index (χ2v) is 8.41. The van der Waals surface area contributed by atoms with Gasteiger partial charge in [-0.2, -0.15) is 4.72 Å². The summed E-state index contributed by atoms with van der Waals surface area (Å²) in [4.78, 5) is 1.29. The van der Waals surface area contributed by atoms with Crippen molar-refractivity contribution in [3.8, 4) is 0 Å². The van der Waals surface area contributed by atoms with Gasteiger partial charge in [-0.25, -0.2) is 8.42 Å². The van der Waals surface area contributed by atoms with Crippen molar-refractivity contribution in [2.24, 2.45) is 0 Å². The Balaban J connectivity index is 2.01. The van der Waals surface area contributed by atoms with Gasteiger partial charge < -0.3 is 0 Å². The maximum atomic E-state index is 12.9. The first kappa shape index (κ1) is 16.9. The van der Waals surface area contributed by atoms with Crippen molar-refractivity contribution >= 4 is 21.4 Å². The number of nitrogens with one attached hydrogen (secondary N) is 1. The quantitative estimate of drug-likeness (QED) is 0.734. The van der Waals surface area contributed by atoms with Crippen molar-refractivity contribution < 1.29 is 8.42 Å². The molecule has 0 saturated heterocycles. The summed E-state index contributed by atoms with van der Waals surface area (Å²) in [5, 5.41) is 1.96. The molecule has 5 heteroatoms. The van der Waals surface area contributed by atoms with E-state index in [2.05, 4.69) is 4.72 Å². The molecule has 0 fully saturated rings. The zero-order chi connectivity index (χ0) is 17.2. The van der Waals surface area contributed by atoms with E-state index in [-0.39, 0.29) is 0 Å². The number of hydrogen-bond donors (Lipinski definition) is 1. The van der Waals surface area contributed by atoms with Crippen LogP contribution in [0.4, 0.5) is 0 Å². The molecule has 0 aliphatic rings. The number of hydrogen-bond acceptors (Lipinski definition) is 3. The molecule has 3 nitrogen and oxygen atoms in total. The van der Waals surface area contributed by atoms with Crippen LogP contribution in [0.15, 0.2) is 70.9 Å². The van der Waals surface area contributed by atoms with Crippen LogP contribution in [0.5, 0.6) is 0 Å². The van der Waals surface area contributed by atoms with E-state index >= 15 is 0 Å². The molecule has 0 bridgehead atoms. The first-order chi connectivity index (χ1) is 11.5. The van der Waals surface area contributed by atoms with Crippen molar-refractivity contribution in [3.05, 3.63) is 87.6 Å². The zero-order valence-corrected chi connectivity index (χ0v) is 15.2. The van der Waals surface area contributed by atoms with Gasteiger partial charge in [-0.05, 0) is 42.5 Å². The molecule has 0 aliphatic heterocycles. The van der Waals surface area contributed by atoms with Gasteiger partial charge in [0.2, 0.25) is 10.0 Å². The van der Waals surface area contributed by atoms with Crippen molar-refractivity contribution in [2.45, 2.75) is 24.8 Å². The average molecular weight is 358 g/mol. The molecule has 0 aliphatic carbocycles. The maximum Gasteiger partial charge on any atom is 0.241 e. The number of benzene rings is 2. The summed E-state index contributed by atoms with van der Waals surface area (Å²) in [6, 6.07) is 18.5. The molecule has 2 aromatic carbocycles. The minimum Gasteiger partial charge on any atom is -0.207 e. The fourth-order valence-corrected chi connectivity index (χ4v) is 5.02. The van der Waals surface area contributed by atoms with Crippen LogP contribution in [-0.2, 0) is 10.0 Å². The summed E-state index contributed by atoms with van der Waals surface area (Å²) in [5.41, 5.74) is 2.72. The van der Waals surface area contributed by atoms with Gasteiger partial charge in [0.05, 0.1) is 10.9 Å². The van der Waals surface area contributed by atoms with Crippen LogP contribution in [0.25, 0.3) is 0 Å². The normalized spacial score (nSPS) is 12.9.